The minimum Gasteiger partial charge on any atom is -0.370 e. The fourth-order valence-corrected chi connectivity index (χ4v) is 6.12. The average molecular weight is 508 g/mol. The van der Waals surface area contributed by atoms with Gasteiger partial charge in [0.05, 0.1) is 17.8 Å². The number of benzene rings is 1. The molecular formula is C30H39F2N5. The van der Waals surface area contributed by atoms with Crippen LogP contribution in [0.25, 0.3) is 22.2 Å². The van der Waals surface area contributed by atoms with Crippen molar-refractivity contribution in [2.45, 2.75) is 46.5 Å². The molecule has 0 saturated carbocycles. The van der Waals surface area contributed by atoms with Gasteiger partial charge in [-0.25, -0.2) is 18.7 Å². The van der Waals surface area contributed by atoms with Crippen molar-refractivity contribution >= 4 is 22.4 Å². The van der Waals surface area contributed by atoms with Gasteiger partial charge in [0.2, 0.25) is 0 Å². The Hall–Kier alpha value is -2.80. The molecule has 5 rings (SSSR count). The summed E-state index contributed by atoms with van der Waals surface area (Å²) < 4.78 is 26.0. The highest BCUT2D eigenvalue weighted by atomic mass is 19.3. The van der Waals surface area contributed by atoms with E-state index in [1.807, 2.05) is 11.1 Å². The highest BCUT2D eigenvalue weighted by Gasteiger charge is 2.38. The third kappa shape index (κ3) is 5.57. The molecule has 5 nitrogen and oxygen atoms in total. The van der Waals surface area contributed by atoms with Crippen LogP contribution in [0.5, 0.6) is 0 Å². The van der Waals surface area contributed by atoms with E-state index < -0.39 is 6.43 Å². The van der Waals surface area contributed by atoms with Crippen LogP contribution in [0.3, 0.4) is 0 Å². The number of nitrogens with zero attached hydrogens (tertiary/aromatic N) is 5. The molecule has 2 saturated heterocycles. The summed E-state index contributed by atoms with van der Waals surface area (Å²) in [7, 11) is 0. The van der Waals surface area contributed by atoms with Gasteiger partial charge in [0, 0.05) is 55.6 Å². The monoisotopic (exact) mass is 507 g/mol. The lowest BCUT2D eigenvalue weighted by Gasteiger charge is -2.33. The van der Waals surface area contributed by atoms with E-state index in [0.717, 1.165) is 86.5 Å². The van der Waals surface area contributed by atoms with Crippen molar-refractivity contribution in [1.29, 1.82) is 0 Å². The van der Waals surface area contributed by atoms with Crippen molar-refractivity contribution in [2.24, 2.45) is 11.8 Å². The van der Waals surface area contributed by atoms with E-state index in [2.05, 4.69) is 67.0 Å². The van der Waals surface area contributed by atoms with Gasteiger partial charge >= 0.3 is 0 Å². The highest BCUT2D eigenvalue weighted by Crippen LogP contribution is 2.38. The number of fused-ring (bicyclic) bond motifs is 2. The number of anilines is 2. The average Bonchev–Trinajstić information content (AvgIpc) is 3.34. The number of alkyl halides is 2. The smallest absolute Gasteiger partial charge is 0.251 e. The highest BCUT2D eigenvalue weighted by molar-refractivity contribution is 5.94. The lowest BCUT2D eigenvalue weighted by atomic mass is 9.89. The van der Waals surface area contributed by atoms with E-state index in [-0.39, 0.29) is 6.54 Å². The van der Waals surface area contributed by atoms with Crippen molar-refractivity contribution in [2.75, 3.05) is 55.6 Å². The van der Waals surface area contributed by atoms with E-state index in [9.17, 15) is 8.78 Å². The van der Waals surface area contributed by atoms with Gasteiger partial charge in [0.15, 0.2) is 0 Å². The zero-order chi connectivity index (χ0) is 25.9. The molecule has 2 aromatic heterocycles. The molecule has 1 aromatic carbocycles. The summed E-state index contributed by atoms with van der Waals surface area (Å²) in [5.74, 6) is 1.98. The van der Waals surface area contributed by atoms with Gasteiger partial charge in [-0.1, -0.05) is 26.0 Å². The van der Waals surface area contributed by atoms with Crippen molar-refractivity contribution in [3.63, 3.8) is 0 Å². The van der Waals surface area contributed by atoms with Crippen molar-refractivity contribution < 1.29 is 8.78 Å². The Morgan fingerprint density at radius 2 is 1.86 bits per heavy atom. The summed E-state index contributed by atoms with van der Waals surface area (Å²) in [6.07, 6.45) is 2.72. The summed E-state index contributed by atoms with van der Waals surface area (Å²) >= 11 is 0. The molecule has 0 bridgehead atoms. The maximum atomic E-state index is 13.0. The molecule has 7 heteroatoms. The Bertz CT molecular complexity index is 1200. The number of piperidine rings is 1. The molecular weight excluding hydrogens is 468 g/mol. The number of halogens is 2. The fraction of sp³-hybridized carbons (Fsp3) is 0.533. The van der Waals surface area contributed by atoms with E-state index in [0.29, 0.717) is 11.8 Å². The number of aromatic nitrogens is 2. The van der Waals surface area contributed by atoms with Gasteiger partial charge < -0.3 is 9.80 Å². The van der Waals surface area contributed by atoms with E-state index in [4.69, 9.17) is 9.97 Å². The summed E-state index contributed by atoms with van der Waals surface area (Å²) in [6, 6.07) is 13.1. The van der Waals surface area contributed by atoms with Crippen LogP contribution in [-0.2, 0) is 6.42 Å². The summed E-state index contributed by atoms with van der Waals surface area (Å²) in [5, 5.41) is 1.16. The molecule has 0 radical (unpaired) electrons. The van der Waals surface area contributed by atoms with Gasteiger partial charge in [0.25, 0.3) is 6.43 Å². The molecule has 0 aliphatic carbocycles. The lowest BCUT2D eigenvalue weighted by Crippen LogP contribution is -2.42. The predicted octanol–water partition coefficient (Wildman–Crippen LogP) is 6.12. The molecule has 2 fully saturated rings. The molecule has 0 spiro atoms. The first-order chi connectivity index (χ1) is 18.0. The molecule has 2 aliphatic heterocycles. The minimum atomic E-state index is -2.26. The number of aryl methyl sites for hydroxylation is 1. The van der Waals surface area contributed by atoms with Crippen molar-refractivity contribution in [3.05, 3.63) is 48.2 Å². The first kappa shape index (κ1) is 25.8. The summed E-state index contributed by atoms with van der Waals surface area (Å²) in [5.41, 5.74) is 5.42. The number of hydrogen-bond acceptors (Lipinski definition) is 5. The van der Waals surface area contributed by atoms with Crippen LogP contribution in [0, 0.1) is 11.8 Å². The number of likely N-dealkylation sites (tertiary alicyclic amines) is 1. The quantitative estimate of drug-likeness (QED) is 0.349. The topological polar surface area (TPSA) is 35.5 Å². The SMILES string of the molecule is CCCN(CC)c1ccc(-c2cc(N3CC4CCN(CC(F)F)CC4C3)c3ccc(CC)cc3n2)cn1. The second kappa shape index (κ2) is 11.3. The Labute approximate surface area is 219 Å². The van der Waals surface area contributed by atoms with Crippen LogP contribution in [0.15, 0.2) is 42.6 Å². The molecule has 198 valence electrons. The Kier molecular flexibility index (Phi) is 7.89. The molecule has 2 atom stereocenters. The van der Waals surface area contributed by atoms with Crippen LogP contribution in [0.2, 0.25) is 0 Å². The van der Waals surface area contributed by atoms with Crippen LogP contribution >= 0.6 is 0 Å². The Morgan fingerprint density at radius 3 is 2.57 bits per heavy atom. The second-order valence-electron chi connectivity index (χ2n) is 10.6. The molecule has 2 unspecified atom stereocenters. The standard InChI is InChI=1S/C30H39F2N5/c1-4-12-36(6-3)30-10-8-22(16-33-30)26-15-28(25-9-7-21(5-2)14-27(25)34-26)37-18-23-11-13-35(20-29(31)32)17-24(23)19-37/h7-10,14-16,23-24,29H,4-6,11-13,17-20H2,1-3H3. The summed E-state index contributed by atoms with van der Waals surface area (Å²) in [4.78, 5) is 16.6. The molecule has 37 heavy (non-hydrogen) atoms. The van der Waals surface area contributed by atoms with Crippen molar-refractivity contribution in [1.82, 2.24) is 14.9 Å². The lowest BCUT2D eigenvalue weighted by molar-refractivity contribution is 0.0571. The molecule has 0 amide bonds. The minimum absolute atomic E-state index is 0.109. The third-order valence-electron chi connectivity index (χ3n) is 8.13. The second-order valence-corrected chi connectivity index (χ2v) is 10.6. The number of pyridine rings is 2. The maximum Gasteiger partial charge on any atom is 0.251 e. The molecule has 0 N–H and O–H groups in total. The fourth-order valence-electron chi connectivity index (χ4n) is 6.12. The zero-order valence-electron chi connectivity index (χ0n) is 22.3. The first-order valence-corrected chi connectivity index (χ1v) is 13.9. The summed E-state index contributed by atoms with van der Waals surface area (Å²) in [6.45, 7) is 11.7. The molecule has 3 aromatic rings. The van der Waals surface area contributed by atoms with E-state index in [1.165, 1.54) is 11.3 Å². The van der Waals surface area contributed by atoms with Gasteiger partial charge in [-0.3, -0.25) is 4.90 Å². The Morgan fingerprint density at radius 1 is 1.03 bits per heavy atom. The molecule has 2 aliphatic rings. The number of rotatable bonds is 9. The van der Waals surface area contributed by atoms with Gasteiger partial charge in [-0.05, 0) is 74.4 Å². The first-order valence-electron chi connectivity index (χ1n) is 13.9. The van der Waals surface area contributed by atoms with Crippen LogP contribution in [0.4, 0.5) is 20.3 Å². The van der Waals surface area contributed by atoms with Crippen LogP contribution in [0.1, 0.15) is 39.2 Å². The number of hydrogen-bond donors (Lipinski definition) is 0. The molecule has 4 heterocycles. The van der Waals surface area contributed by atoms with Gasteiger partial charge in [-0.15, -0.1) is 0 Å². The van der Waals surface area contributed by atoms with E-state index >= 15 is 0 Å². The van der Waals surface area contributed by atoms with E-state index in [1.54, 1.807) is 0 Å². The van der Waals surface area contributed by atoms with Crippen LogP contribution in [-0.4, -0.2) is 67.1 Å². The van der Waals surface area contributed by atoms with Gasteiger partial charge in [-0.2, -0.15) is 0 Å². The largest absolute Gasteiger partial charge is 0.370 e. The van der Waals surface area contributed by atoms with Crippen molar-refractivity contribution in [3.8, 4) is 11.3 Å². The normalized spacial score (nSPS) is 20.1. The Balaban J connectivity index is 1.47. The van der Waals surface area contributed by atoms with Gasteiger partial charge in [0.1, 0.15) is 5.82 Å². The third-order valence-corrected chi connectivity index (χ3v) is 8.13. The zero-order valence-corrected chi connectivity index (χ0v) is 22.3. The van der Waals surface area contributed by atoms with Crippen LogP contribution < -0.4 is 9.80 Å². The maximum absolute atomic E-state index is 13.0. The predicted molar refractivity (Wildman–Crippen MR) is 149 cm³/mol.